The summed E-state index contributed by atoms with van der Waals surface area (Å²) >= 11 is 3.33. The molecular formula is C17H16BrNO2. The van der Waals surface area contributed by atoms with E-state index in [9.17, 15) is 4.79 Å². The summed E-state index contributed by atoms with van der Waals surface area (Å²) in [5, 5.41) is 0. The molecule has 108 valence electrons. The van der Waals surface area contributed by atoms with Gasteiger partial charge in [0.2, 0.25) is 0 Å². The van der Waals surface area contributed by atoms with Gasteiger partial charge in [0.1, 0.15) is 6.10 Å². The van der Waals surface area contributed by atoms with Gasteiger partial charge in [0.05, 0.1) is 5.56 Å². The fourth-order valence-electron chi connectivity index (χ4n) is 2.68. The molecule has 0 radical (unpaired) electrons. The average Bonchev–Trinajstić information content (AvgIpc) is 2.50. The van der Waals surface area contributed by atoms with Crippen molar-refractivity contribution in [3.05, 3.63) is 63.6 Å². The lowest BCUT2D eigenvalue weighted by atomic mass is 9.89. The largest absolute Gasteiger partial charge is 0.454 e. The first kappa shape index (κ1) is 14.1. The Labute approximate surface area is 132 Å². The standard InChI is InChI=1S/C17H16BrNO2/c18-14-10-12(8-9-15(14)19)17(20)21-16-7-3-5-11-4-1-2-6-13(11)16/h1-2,4,6,8-10,16H,3,5,7,19H2. The highest BCUT2D eigenvalue weighted by Crippen LogP contribution is 2.33. The van der Waals surface area contributed by atoms with Crippen LogP contribution in [0.4, 0.5) is 5.69 Å². The molecule has 0 saturated carbocycles. The quantitative estimate of drug-likeness (QED) is 0.653. The number of esters is 1. The van der Waals surface area contributed by atoms with Crippen LogP contribution in [0.5, 0.6) is 0 Å². The fourth-order valence-corrected chi connectivity index (χ4v) is 3.06. The number of hydrogen-bond acceptors (Lipinski definition) is 3. The Hall–Kier alpha value is -1.81. The molecular weight excluding hydrogens is 330 g/mol. The number of nitrogens with two attached hydrogens (primary N) is 1. The van der Waals surface area contributed by atoms with Gasteiger partial charge in [-0.2, -0.15) is 0 Å². The Bertz CT molecular complexity index is 684. The van der Waals surface area contributed by atoms with Gasteiger partial charge in [0, 0.05) is 10.2 Å². The van der Waals surface area contributed by atoms with Crippen molar-refractivity contribution in [2.24, 2.45) is 0 Å². The first-order chi connectivity index (χ1) is 10.1. The second kappa shape index (κ2) is 5.90. The van der Waals surface area contributed by atoms with Crippen LogP contribution in [-0.2, 0) is 11.2 Å². The fraction of sp³-hybridized carbons (Fsp3) is 0.235. The van der Waals surface area contributed by atoms with E-state index in [0.717, 1.165) is 24.8 Å². The van der Waals surface area contributed by atoms with E-state index in [1.165, 1.54) is 5.56 Å². The van der Waals surface area contributed by atoms with Gasteiger partial charge >= 0.3 is 5.97 Å². The summed E-state index contributed by atoms with van der Waals surface area (Å²) in [4.78, 5) is 12.3. The Morgan fingerprint density at radius 3 is 2.86 bits per heavy atom. The van der Waals surface area contributed by atoms with Crippen LogP contribution in [0.1, 0.15) is 40.4 Å². The van der Waals surface area contributed by atoms with Gasteiger partial charge < -0.3 is 10.5 Å². The van der Waals surface area contributed by atoms with Crippen molar-refractivity contribution < 1.29 is 9.53 Å². The molecule has 2 aromatic carbocycles. The Balaban J connectivity index is 1.81. The molecule has 1 aliphatic carbocycles. The number of fused-ring (bicyclic) bond motifs is 1. The topological polar surface area (TPSA) is 52.3 Å². The highest BCUT2D eigenvalue weighted by molar-refractivity contribution is 9.10. The second-order valence-corrected chi connectivity index (χ2v) is 6.08. The van der Waals surface area contributed by atoms with E-state index >= 15 is 0 Å². The predicted octanol–water partition coefficient (Wildman–Crippen LogP) is 4.27. The Kier molecular flexibility index (Phi) is 3.97. The molecule has 4 heteroatoms. The zero-order chi connectivity index (χ0) is 14.8. The van der Waals surface area contributed by atoms with E-state index in [2.05, 4.69) is 22.0 Å². The van der Waals surface area contributed by atoms with E-state index in [1.807, 2.05) is 18.2 Å². The second-order valence-electron chi connectivity index (χ2n) is 5.22. The van der Waals surface area contributed by atoms with Crippen LogP contribution in [0.25, 0.3) is 0 Å². The number of halogens is 1. The zero-order valence-corrected chi connectivity index (χ0v) is 13.1. The van der Waals surface area contributed by atoms with E-state index in [-0.39, 0.29) is 12.1 Å². The molecule has 0 saturated heterocycles. The van der Waals surface area contributed by atoms with Gasteiger partial charge in [-0.1, -0.05) is 24.3 Å². The first-order valence-electron chi connectivity index (χ1n) is 6.99. The summed E-state index contributed by atoms with van der Waals surface area (Å²) in [7, 11) is 0. The molecule has 0 heterocycles. The maximum atomic E-state index is 12.3. The number of nitrogen functional groups attached to an aromatic ring is 1. The molecule has 0 bridgehead atoms. The number of benzene rings is 2. The number of carbonyl (C=O) groups excluding carboxylic acids is 1. The SMILES string of the molecule is Nc1ccc(C(=O)OC2CCCc3ccccc32)cc1Br. The minimum absolute atomic E-state index is 0.154. The van der Waals surface area contributed by atoms with Crippen molar-refractivity contribution >= 4 is 27.6 Å². The van der Waals surface area contributed by atoms with Crippen LogP contribution in [-0.4, -0.2) is 5.97 Å². The van der Waals surface area contributed by atoms with Gasteiger partial charge in [-0.25, -0.2) is 4.79 Å². The zero-order valence-electron chi connectivity index (χ0n) is 11.5. The Morgan fingerprint density at radius 2 is 2.05 bits per heavy atom. The van der Waals surface area contributed by atoms with E-state index in [1.54, 1.807) is 18.2 Å². The number of ether oxygens (including phenoxy) is 1. The molecule has 0 aromatic heterocycles. The molecule has 2 N–H and O–H groups in total. The lowest BCUT2D eigenvalue weighted by Crippen LogP contribution is -2.17. The Morgan fingerprint density at radius 1 is 1.24 bits per heavy atom. The summed E-state index contributed by atoms with van der Waals surface area (Å²) in [5.74, 6) is -0.308. The summed E-state index contributed by atoms with van der Waals surface area (Å²) in [5.41, 5.74) is 9.27. The van der Waals surface area contributed by atoms with Crippen molar-refractivity contribution in [1.82, 2.24) is 0 Å². The van der Waals surface area contributed by atoms with Crippen molar-refractivity contribution in [1.29, 1.82) is 0 Å². The monoisotopic (exact) mass is 345 g/mol. The van der Waals surface area contributed by atoms with Gasteiger partial charge in [-0.15, -0.1) is 0 Å². The van der Waals surface area contributed by atoms with E-state index in [0.29, 0.717) is 15.7 Å². The molecule has 0 amide bonds. The number of anilines is 1. The molecule has 0 fully saturated rings. The van der Waals surface area contributed by atoms with E-state index in [4.69, 9.17) is 10.5 Å². The lowest BCUT2D eigenvalue weighted by molar-refractivity contribution is 0.0256. The smallest absolute Gasteiger partial charge is 0.338 e. The van der Waals surface area contributed by atoms with Gasteiger partial charge in [-0.05, 0) is 64.5 Å². The minimum atomic E-state index is -0.308. The maximum absolute atomic E-state index is 12.3. The highest BCUT2D eigenvalue weighted by atomic mass is 79.9. The van der Waals surface area contributed by atoms with Crippen molar-refractivity contribution in [2.75, 3.05) is 5.73 Å². The van der Waals surface area contributed by atoms with Crippen molar-refractivity contribution in [3.8, 4) is 0 Å². The third-order valence-corrected chi connectivity index (χ3v) is 4.49. The molecule has 0 aliphatic heterocycles. The van der Waals surface area contributed by atoms with Gasteiger partial charge in [-0.3, -0.25) is 0 Å². The van der Waals surface area contributed by atoms with Crippen molar-refractivity contribution in [2.45, 2.75) is 25.4 Å². The average molecular weight is 346 g/mol. The summed E-state index contributed by atoms with van der Waals surface area (Å²) in [6.07, 6.45) is 2.82. The predicted molar refractivity (Wildman–Crippen MR) is 86.1 cm³/mol. The first-order valence-corrected chi connectivity index (χ1v) is 7.78. The van der Waals surface area contributed by atoms with Gasteiger partial charge in [0.25, 0.3) is 0 Å². The molecule has 3 nitrogen and oxygen atoms in total. The number of carbonyl (C=O) groups is 1. The van der Waals surface area contributed by atoms with Gasteiger partial charge in [0.15, 0.2) is 0 Å². The van der Waals surface area contributed by atoms with Crippen LogP contribution >= 0.6 is 15.9 Å². The molecule has 3 rings (SSSR count). The van der Waals surface area contributed by atoms with Crippen LogP contribution in [0.15, 0.2) is 46.9 Å². The minimum Gasteiger partial charge on any atom is -0.454 e. The van der Waals surface area contributed by atoms with Crippen molar-refractivity contribution in [3.63, 3.8) is 0 Å². The number of rotatable bonds is 2. The normalized spacial score (nSPS) is 17.1. The maximum Gasteiger partial charge on any atom is 0.338 e. The number of aryl methyl sites for hydroxylation is 1. The van der Waals surface area contributed by atoms with Crippen LogP contribution in [0, 0.1) is 0 Å². The lowest BCUT2D eigenvalue weighted by Gasteiger charge is -2.25. The third-order valence-electron chi connectivity index (χ3n) is 3.80. The van der Waals surface area contributed by atoms with Crippen LogP contribution in [0.3, 0.4) is 0 Å². The molecule has 21 heavy (non-hydrogen) atoms. The molecule has 1 unspecified atom stereocenters. The summed E-state index contributed by atoms with van der Waals surface area (Å²) < 4.78 is 6.41. The van der Waals surface area contributed by atoms with Crippen LogP contribution in [0.2, 0.25) is 0 Å². The molecule has 0 spiro atoms. The molecule has 2 aromatic rings. The third kappa shape index (κ3) is 2.95. The summed E-state index contributed by atoms with van der Waals surface area (Å²) in [6, 6.07) is 13.3. The molecule has 1 atom stereocenters. The molecule has 1 aliphatic rings. The van der Waals surface area contributed by atoms with Crippen LogP contribution < -0.4 is 5.73 Å². The van der Waals surface area contributed by atoms with E-state index < -0.39 is 0 Å². The highest BCUT2D eigenvalue weighted by Gasteiger charge is 2.23. The summed E-state index contributed by atoms with van der Waals surface area (Å²) in [6.45, 7) is 0. The number of hydrogen-bond donors (Lipinski definition) is 1.